The molecule has 2 rings (SSSR count). The molecule has 0 unspecified atom stereocenters. The summed E-state index contributed by atoms with van der Waals surface area (Å²) < 4.78 is 0. The maximum atomic E-state index is 10.6. The van der Waals surface area contributed by atoms with Crippen LogP contribution in [-0.2, 0) is 0 Å². The number of fused-ring (bicyclic) bond motifs is 1. The third-order valence-corrected chi connectivity index (χ3v) is 5.18. The fraction of sp³-hybridized carbons (Fsp3) is 0.867. The van der Waals surface area contributed by atoms with Gasteiger partial charge in [-0.15, -0.1) is 0 Å². The van der Waals surface area contributed by atoms with E-state index in [2.05, 4.69) is 27.7 Å². The first-order valence-corrected chi connectivity index (χ1v) is 6.73. The molecule has 1 heteroatoms. The summed E-state index contributed by atoms with van der Waals surface area (Å²) in [6.07, 6.45) is 7.16. The van der Waals surface area contributed by atoms with Gasteiger partial charge in [0.2, 0.25) is 0 Å². The van der Waals surface area contributed by atoms with Crippen molar-refractivity contribution in [1.82, 2.24) is 0 Å². The second-order valence-corrected chi connectivity index (χ2v) is 6.73. The maximum absolute atomic E-state index is 10.6. The summed E-state index contributed by atoms with van der Waals surface area (Å²) in [5.41, 5.74) is 3.03. The summed E-state index contributed by atoms with van der Waals surface area (Å²) in [5, 5.41) is 10.6. The average Bonchev–Trinajstić information content (AvgIpc) is 2.15. The first-order valence-electron chi connectivity index (χ1n) is 6.73. The number of hydrogen-bond acceptors (Lipinski definition) is 1. The Bertz CT molecular complexity index is 309. The molecule has 3 atom stereocenters. The Balaban J connectivity index is 2.28. The van der Waals surface area contributed by atoms with Crippen molar-refractivity contribution < 1.29 is 5.11 Å². The fourth-order valence-corrected chi connectivity index (χ4v) is 3.95. The van der Waals surface area contributed by atoms with Crippen LogP contribution >= 0.6 is 0 Å². The molecule has 92 valence electrons. The van der Waals surface area contributed by atoms with Gasteiger partial charge >= 0.3 is 0 Å². The quantitative estimate of drug-likeness (QED) is 0.613. The Morgan fingerprint density at radius 2 is 1.88 bits per heavy atom. The van der Waals surface area contributed by atoms with E-state index in [1.54, 1.807) is 5.57 Å². The highest BCUT2D eigenvalue weighted by molar-refractivity contribution is 5.18. The Kier molecular flexibility index (Phi) is 2.94. The minimum atomic E-state index is -0.436. The average molecular weight is 222 g/mol. The van der Waals surface area contributed by atoms with Gasteiger partial charge in [0.25, 0.3) is 0 Å². The first-order chi connectivity index (χ1) is 7.35. The predicted octanol–water partition coefficient (Wildman–Crippen LogP) is 4.06. The van der Waals surface area contributed by atoms with Crippen molar-refractivity contribution in [1.29, 1.82) is 0 Å². The Hall–Kier alpha value is -0.300. The molecule has 0 aromatic carbocycles. The highest BCUT2D eigenvalue weighted by atomic mass is 16.3. The van der Waals surface area contributed by atoms with Crippen LogP contribution in [0.2, 0.25) is 0 Å². The van der Waals surface area contributed by atoms with Crippen molar-refractivity contribution in [2.75, 3.05) is 0 Å². The van der Waals surface area contributed by atoms with E-state index < -0.39 is 5.60 Å². The lowest BCUT2D eigenvalue weighted by molar-refractivity contribution is -0.105. The smallest absolute Gasteiger partial charge is 0.0656 e. The zero-order valence-corrected chi connectivity index (χ0v) is 11.3. The van der Waals surface area contributed by atoms with Gasteiger partial charge in [-0.2, -0.15) is 0 Å². The van der Waals surface area contributed by atoms with Crippen LogP contribution in [0.3, 0.4) is 0 Å². The summed E-state index contributed by atoms with van der Waals surface area (Å²) in [6.45, 7) is 8.89. The molecule has 0 bridgehead atoms. The fourth-order valence-electron chi connectivity index (χ4n) is 3.95. The minimum Gasteiger partial charge on any atom is -0.390 e. The zero-order valence-electron chi connectivity index (χ0n) is 11.3. The summed E-state index contributed by atoms with van der Waals surface area (Å²) in [6, 6.07) is 0. The molecule has 0 spiro atoms. The third kappa shape index (κ3) is 1.95. The largest absolute Gasteiger partial charge is 0.390 e. The SMILES string of the molecule is CC(C)=C1CC[C@@]2(C)CCC[C@](C)(O)[C@@H]2C1. The molecular weight excluding hydrogens is 196 g/mol. The molecule has 2 aliphatic carbocycles. The molecule has 1 N–H and O–H groups in total. The van der Waals surface area contributed by atoms with E-state index in [0.29, 0.717) is 11.3 Å². The van der Waals surface area contributed by atoms with E-state index >= 15 is 0 Å². The van der Waals surface area contributed by atoms with E-state index in [0.717, 1.165) is 12.8 Å². The third-order valence-electron chi connectivity index (χ3n) is 5.18. The van der Waals surface area contributed by atoms with Gasteiger partial charge < -0.3 is 5.11 Å². The summed E-state index contributed by atoms with van der Waals surface area (Å²) in [4.78, 5) is 0. The van der Waals surface area contributed by atoms with Crippen molar-refractivity contribution in [3.8, 4) is 0 Å². The van der Waals surface area contributed by atoms with Gasteiger partial charge in [-0.3, -0.25) is 0 Å². The molecule has 2 aliphatic rings. The molecule has 0 radical (unpaired) electrons. The van der Waals surface area contributed by atoms with Crippen molar-refractivity contribution >= 4 is 0 Å². The van der Waals surface area contributed by atoms with Crippen LogP contribution in [0.4, 0.5) is 0 Å². The summed E-state index contributed by atoms with van der Waals surface area (Å²) in [7, 11) is 0. The first kappa shape index (κ1) is 12.2. The number of rotatable bonds is 0. The Morgan fingerprint density at radius 3 is 2.50 bits per heavy atom. The molecule has 1 nitrogen and oxygen atoms in total. The Labute approximate surface area is 99.9 Å². The van der Waals surface area contributed by atoms with Gasteiger partial charge in [0.15, 0.2) is 0 Å². The highest BCUT2D eigenvalue weighted by Crippen LogP contribution is 2.55. The topological polar surface area (TPSA) is 20.2 Å². The van der Waals surface area contributed by atoms with Crippen LogP contribution in [-0.4, -0.2) is 10.7 Å². The van der Waals surface area contributed by atoms with E-state index in [1.807, 2.05) is 0 Å². The molecular formula is C15H26O. The molecule has 0 aromatic rings. The predicted molar refractivity (Wildman–Crippen MR) is 68.3 cm³/mol. The van der Waals surface area contributed by atoms with Gasteiger partial charge in [-0.25, -0.2) is 0 Å². The summed E-state index contributed by atoms with van der Waals surface area (Å²) >= 11 is 0. The molecule has 0 aliphatic heterocycles. The lowest BCUT2D eigenvalue weighted by atomic mass is 9.54. The van der Waals surface area contributed by atoms with Gasteiger partial charge in [0, 0.05) is 0 Å². The van der Waals surface area contributed by atoms with Gasteiger partial charge in [-0.05, 0) is 64.2 Å². The lowest BCUT2D eigenvalue weighted by Gasteiger charge is -2.53. The molecule has 2 fully saturated rings. The molecule has 0 aromatic heterocycles. The van der Waals surface area contributed by atoms with Crippen molar-refractivity contribution in [2.24, 2.45) is 11.3 Å². The maximum Gasteiger partial charge on any atom is 0.0656 e. The number of aliphatic hydroxyl groups is 1. The van der Waals surface area contributed by atoms with E-state index in [-0.39, 0.29) is 0 Å². The molecule has 0 heterocycles. The molecule has 0 amide bonds. The second kappa shape index (κ2) is 3.87. The second-order valence-electron chi connectivity index (χ2n) is 6.73. The lowest BCUT2D eigenvalue weighted by Crippen LogP contribution is -2.50. The van der Waals surface area contributed by atoms with Crippen LogP contribution in [0.5, 0.6) is 0 Å². The van der Waals surface area contributed by atoms with E-state index in [4.69, 9.17) is 0 Å². The standard InChI is InChI=1S/C15H26O/c1-11(2)12-6-9-14(3)7-5-8-15(4,16)13(14)10-12/h13,16H,5-10H2,1-4H3/t13-,14-,15+/m1/s1. The van der Waals surface area contributed by atoms with E-state index in [1.165, 1.54) is 31.3 Å². The van der Waals surface area contributed by atoms with E-state index in [9.17, 15) is 5.11 Å². The molecule has 0 saturated heterocycles. The van der Waals surface area contributed by atoms with Crippen LogP contribution in [0.15, 0.2) is 11.1 Å². The van der Waals surface area contributed by atoms with Gasteiger partial charge in [-0.1, -0.05) is 24.5 Å². The summed E-state index contributed by atoms with van der Waals surface area (Å²) in [5.74, 6) is 0.479. The molecule has 16 heavy (non-hydrogen) atoms. The zero-order chi connectivity index (χ0) is 12.0. The van der Waals surface area contributed by atoms with Gasteiger partial charge in [0.1, 0.15) is 0 Å². The van der Waals surface area contributed by atoms with Crippen LogP contribution in [0.1, 0.15) is 66.2 Å². The molecule has 2 saturated carbocycles. The number of allylic oxidation sites excluding steroid dienone is 2. The number of hydrogen-bond donors (Lipinski definition) is 1. The monoisotopic (exact) mass is 222 g/mol. The normalized spacial score (nSPS) is 44.1. The van der Waals surface area contributed by atoms with Crippen LogP contribution in [0, 0.1) is 11.3 Å². The minimum absolute atomic E-state index is 0.390. The van der Waals surface area contributed by atoms with Crippen LogP contribution < -0.4 is 0 Å². The van der Waals surface area contributed by atoms with Crippen molar-refractivity contribution in [3.05, 3.63) is 11.1 Å². The van der Waals surface area contributed by atoms with Crippen molar-refractivity contribution in [3.63, 3.8) is 0 Å². The highest BCUT2D eigenvalue weighted by Gasteiger charge is 2.49. The Morgan fingerprint density at radius 1 is 1.19 bits per heavy atom. The van der Waals surface area contributed by atoms with Gasteiger partial charge in [0.05, 0.1) is 5.60 Å². The van der Waals surface area contributed by atoms with Crippen LogP contribution in [0.25, 0.3) is 0 Å². The van der Waals surface area contributed by atoms with Crippen molar-refractivity contribution in [2.45, 2.75) is 71.8 Å².